The van der Waals surface area contributed by atoms with E-state index in [2.05, 4.69) is 11.9 Å². The second kappa shape index (κ2) is 1.01. The third-order valence-corrected chi connectivity index (χ3v) is 1.67. The van der Waals surface area contributed by atoms with Gasteiger partial charge in [-0.3, -0.25) is 0 Å². The summed E-state index contributed by atoms with van der Waals surface area (Å²) in [6.07, 6.45) is 1.23. The fourth-order valence-corrected chi connectivity index (χ4v) is 1.19. The molecule has 2 aliphatic rings. The predicted octanol–water partition coefficient (Wildman–Crippen LogP) is -0.301. The standard InChI is InChI=1S/C5H9NO/c1-6-2-4-5(3-6)7-4/h4-5H,2-3H2,1H3. The predicted molar refractivity (Wildman–Crippen MR) is 26.2 cm³/mol. The average Bonchev–Trinajstić information content (AvgIpc) is 2.15. The van der Waals surface area contributed by atoms with Crippen molar-refractivity contribution in [1.82, 2.24) is 4.90 Å². The summed E-state index contributed by atoms with van der Waals surface area (Å²) in [7, 11) is 2.13. The Hall–Kier alpha value is -0.0800. The van der Waals surface area contributed by atoms with Gasteiger partial charge in [0, 0.05) is 13.1 Å². The molecule has 0 aromatic rings. The zero-order chi connectivity index (χ0) is 4.85. The van der Waals surface area contributed by atoms with Crippen LogP contribution in [0.2, 0.25) is 0 Å². The van der Waals surface area contributed by atoms with Crippen molar-refractivity contribution in [2.75, 3.05) is 20.1 Å². The summed E-state index contributed by atoms with van der Waals surface area (Å²) in [6, 6.07) is 0. The van der Waals surface area contributed by atoms with E-state index in [0.29, 0.717) is 12.2 Å². The van der Waals surface area contributed by atoms with E-state index < -0.39 is 0 Å². The summed E-state index contributed by atoms with van der Waals surface area (Å²) in [6.45, 7) is 2.31. The van der Waals surface area contributed by atoms with Gasteiger partial charge in [0.05, 0.1) is 12.2 Å². The molecule has 2 rings (SSSR count). The minimum absolute atomic E-state index is 0.616. The lowest BCUT2D eigenvalue weighted by molar-refractivity contribution is 0.233. The number of fused-ring (bicyclic) bond motifs is 1. The largest absolute Gasteiger partial charge is 0.367 e. The summed E-state index contributed by atoms with van der Waals surface area (Å²) in [5, 5.41) is 0. The van der Waals surface area contributed by atoms with E-state index in [4.69, 9.17) is 4.74 Å². The van der Waals surface area contributed by atoms with Crippen molar-refractivity contribution in [1.29, 1.82) is 0 Å². The van der Waals surface area contributed by atoms with Crippen molar-refractivity contribution in [3.8, 4) is 0 Å². The molecule has 0 spiro atoms. The lowest BCUT2D eigenvalue weighted by Gasteiger charge is -2.06. The zero-order valence-corrected chi connectivity index (χ0v) is 4.42. The van der Waals surface area contributed by atoms with E-state index >= 15 is 0 Å². The first-order chi connectivity index (χ1) is 3.36. The van der Waals surface area contributed by atoms with Gasteiger partial charge in [-0.1, -0.05) is 0 Å². The Balaban J connectivity index is 2.02. The summed E-state index contributed by atoms with van der Waals surface area (Å²) >= 11 is 0. The third kappa shape index (κ3) is 0.469. The molecular weight excluding hydrogens is 90.1 g/mol. The maximum Gasteiger partial charge on any atom is 0.0981 e. The second-order valence-electron chi connectivity index (χ2n) is 2.43. The number of ether oxygens (including phenoxy) is 1. The van der Waals surface area contributed by atoms with Crippen LogP contribution in [0.5, 0.6) is 0 Å². The first kappa shape index (κ1) is 3.87. The first-order valence-corrected chi connectivity index (χ1v) is 2.70. The Morgan fingerprint density at radius 1 is 1.43 bits per heavy atom. The van der Waals surface area contributed by atoms with E-state index in [-0.39, 0.29) is 0 Å². The molecule has 40 valence electrons. The van der Waals surface area contributed by atoms with Gasteiger partial charge >= 0.3 is 0 Å². The topological polar surface area (TPSA) is 15.8 Å². The summed E-state index contributed by atoms with van der Waals surface area (Å²) in [4.78, 5) is 2.30. The highest BCUT2D eigenvalue weighted by Crippen LogP contribution is 2.28. The smallest absolute Gasteiger partial charge is 0.0981 e. The van der Waals surface area contributed by atoms with Gasteiger partial charge in [-0.05, 0) is 7.05 Å². The molecule has 0 radical (unpaired) electrons. The highest BCUT2D eigenvalue weighted by atomic mass is 16.6. The number of hydrogen-bond donors (Lipinski definition) is 0. The number of likely N-dealkylation sites (tertiary alicyclic amines) is 1. The van der Waals surface area contributed by atoms with Crippen molar-refractivity contribution >= 4 is 0 Å². The van der Waals surface area contributed by atoms with Crippen molar-refractivity contribution in [2.24, 2.45) is 0 Å². The zero-order valence-electron chi connectivity index (χ0n) is 4.42. The molecule has 2 atom stereocenters. The minimum atomic E-state index is 0.616. The Bertz CT molecular complexity index is 84.1. The van der Waals surface area contributed by atoms with Crippen molar-refractivity contribution in [3.63, 3.8) is 0 Å². The van der Waals surface area contributed by atoms with Crippen LogP contribution in [0.15, 0.2) is 0 Å². The second-order valence-corrected chi connectivity index (χ2v) is 2.43. The molecule has 2 saturated heterocycles. The maximum absolute atomic E-state index is 5.18. The van der Waals surface area contributed by atoms with E-state index in [1.165, 1.54) is 0 Å². The van der Waals surface area contributed by atoms with Crippen LogP contribution in [0, 0.1) is 0 Å². The molecule has 0 aromatic carbocycles. The van der Waals surface area contributed by atoms with Crippen LogP contribution in [0.1, 0.15) is 0 Å². The Morgan fingerprint density at radius 3 is 2.29 bits per heavy atom. The Kier molecular flexibility index (Phi) is 0.557. The number of epoxide rings is 1. The average molecular weight is 99.1 g/mol. The van der Waals surface area contributed by atoms with Crippen LogP contribution in [0.25, 0.3) is 0 Å². The van der Waals surface area contributed by atoms with E-state index in [1.54, 1.807) is 0 Å². The lowest BCUT2D eigenvalue weighted by Crippen LogP contribution is -2.18. The molecule has 0 aromatic heterocycles. The molecule has 2 nitrogen and oxygen atoms in total. The van der Waals surface area contributed by atoms with Crippen LogP contribution >= 0.6 is 0 Å². The molecule has 2 fully saturated rings. The summed E-state index contributed by atoms with van der Waals surface area (Å²) in [5.41, 5.74) is 0. The van der Waals surface area contributed by atoms with E-state index in [9.17, 15) is 0 Å². The molecule has 0 bridgehead atoms. The number of likely N-dealkylation sites (N-methyl/N-ethyl adjacent to an activating group) is 1. The number of rotatable bonds is 0. The fourth-order valence-electron chi connectivity index (χ4n) is 1.19. The summed E-state index contributed by atoms with van der Waals surface area (Å²) < 4.78 is 5.18. The fraction of sp³-hybridized carbons (Fsp3) is 1.00. The van der Waals surface area contributed by atoms with Gasteiger partial charge in [0.1, 0.15) is 0 Å². The molecule has 0 N–H and O–H groups in total. The van der Waals surface area contributed by atoms with Crippen LogP contribution in [-0.2, 0) is 4.74 Å². The SMILES string of the molecule is CN1CC2OC2C1. The number of hydrogen-bond acceptors (Lipinski definition) is 2. The van der Waals surface area contributed by atoms with Crippen molar-refractivity contribution in [2.45, 2.75) is 12.2 Å². The van der Waals surface area contributed by atoms with Gasteiger partial charge in [0.25, 0.3) is 0 Å². The summed E-state index contributed by atoms with van der Waals surface area (Å²) in [5.74, 6) is 0. The van der Waals surface area contributed by atoms with E-state index in [0.717, 1.165) is 13.1 Å². The molecule has 0 aliphatic carbocycles. The monoisotopic (exact) mass is 99.1 g/mol. The molecule has 0 amide bonds. The number of nitrogens with zero attached hydrogens (tertiary/aromatic N) is 1. The minimum Gasteiger partial charge on any atom is -0.367 e. The quantitative estimate of drug-likeness (QED) is 0.387. The van der Waals surface area contributed by atoms with Crippen molar-refractivity contribution in [3.05, 3.63) is 0 Å². The molecular formula is C5H9NO. The van der Waals surface area contributed by atoms with E-state index in [1.807, 2.05) is 0 Å². The van der Waals surface area contributed by atoms with Gasteiger partial charge in [-0.25, -0.2) is 0 Å². The Morgan fingerprint density at radius 2 is 2.00 bits per heavy atom. The van der Waals surface area contributed by atoms with Crippen LogP contribution in [0.4, 0.5) is 0 Å². The van der Waals surface area contributed by atoms with Crippen LogP contribution < -0.4 is 0 Å². The Labute approximate surface area is 43.1 Å². The highest BCUT2D eigenvalue weighted by Gasteiger charge is 2.45. The molecule has 7 heavy (non-hydrogen) atoms. The third-order valence-electron chi connectivity index (χ3n) is 1.67. The molecule has 0 saturated carbocycles. The highest BCUT2D eigenvalue weighted by molar-refractivity contribution is 4.95. The van der Waals surface area contributed by atoms with Gasteiger partial charge in [-0.2, -0.15) is 0 Å². The van der Waals surface area contributed by atoms with Gasteiger partial charge in [-0.15, -0.1) is 0 Å². The van der Waals surface area contributed by atoms with Crippen LogP contribution in [-0.4, -0.2) is 37.2 Å². The van der Waals surface area contributed by atoms with Gasteiger partial charge < -0.3 is 9.64 Å². The maximum atomic E-state index is 5.18. The van der Waals surface area contributed by atoms with Gasteiger partial charge in [0.15, 0.2) is 0 Å². The molecule has 2 heteroatoms. The molecule has 2 aliphatic heterocycles. The normalized spacial score (nSPS) is 49.3. The van der Waals surface area contributed by atoms with Crippen molar-refractivity contribution < 1.29 is 4.74 Å². The van der Waals surface area contributed by atoms with Crippen LogP contribution in [0.3, 0.4) is 0 Å². The van der Waals surface area contributed by atoms with Gasteiger partial charge in [0.2, 0.25) is 0 Å². The molecule has 2 unspecified atom stereocenters. The first-order valence-electron chi connectivity index (χ1n) is 2.70. The lowest BCUT2D eigenvalue weighted by atomic mass is 10.4. The molecule has 2 heterocycles. The number of morpholine rings is 1.